The van der Waals surface area contributed by atoms with Gasteiger partial charge in [0.25, 0.3) is 5.91 Å². The number of hydrogen-bond donors (Lipinski definition) is 3. The van der Waals surface area contributed by atoms with Gasteiger partial charge in [-0.25, -0.2) is 5.53 Å². The van der Waals surface area contributed by atoms with Crippen LogP contribution in [0.1, 0.15) is 62.3 Å². The minimum atomic E-state index is -4.48. The van der Waals surface area contributed by atoms with Gasteiger partial charge in [-0.1, -0.05) is 19.3 Å². The average molecular weight is 523 g/mol. The number of aromatic amines is 1. The van der Waals surface area contributed by atoms with E-state index in [1.165, 1.54) is 11.2 Å². The highest BCUT2D eigenvalue weighted by Gasteiger charge is 2.32. The lowest BCUT2D eigenvalue weighted by molar-refractivity contribution is -0.138. The molecule has 0 bridgehead atoms. The number of hydrazone groups is 1. The van der Waals surface area contributed by atoms with Crippen LogP contribution in [0.25, 0.3) is 0 Å². The molecular weight excluding hydrogens is 489 g/mol. The molecule has 0 saturated carbocycles. The molecule has 2 aliphatic rings. The van der Waals surface area contributed by atoms with Crippen molar-refractivity contribution in [2.24, 2.45) is 11.0 Å². The molecule has 3 heterocycles. The molecule has 3 N–H and O–H groups in total. The van der Waals surface area contributed by atoms with Crippen molar-refractivity contribution >= 4 is 11.7 Å². The number of nitrogens with zero attached hydrogens (tertiary/aromatic N) is 5. The number of aryl methyl sites for hydroxylation is 1. The highest BCUT2D eigenvalue weighted by Crippen LogP contribution is 2.33. The van der Waals surface area contributed by atoms with Gasteiger partial charge in [0.2, 0.25) is 0 Å². The smallest absolute Gasteiger partial charge is 0.416 e. The zero-order valence-electron chi connectivity index (χ0n) is 20.9. The summed E-state index contributed by atoms with van der Waals surface area (Å²) in [6, 6.07) is 3.27. The van der Waals surface area contributed by atoms with Crippen LogP contribution in [0, 0.1) is 5.92 Å². The number of alkyl halides is 3. The summed E-state index contributed by atoms with van der Waals surface area (Å²) in [5.74, 6) is 1.26. The Morgan fingerprint density at radius 2 is 2.00 bits per heavy atom. The van der Waals surface area contributed by atoms with Gasteiger partial charge >= 0.3 is 6.18 Å². The van der Waals surface area contributed by atoms with E-state index >= 15 is 0 Å². The largest absolute Gasteiger partial charge is 0.483 e. The van der Waals surface area contributed by atoms with Crippen molar-refractivity contribution in [3.05, 3.63) is 41.2 Å². The highest BCUT2D eigenvalue weighted by molar-refractivity contribution is 5.79. The summed E-state index contributed by atoms with van der Waals surface area (Å²) in [7, 11) is 0. The third-order valence-corrected chi connectivity index (χ3v) is 6.68. The Kier molecular flexibility index (Phi) is 8.85. The maximum Gasteiger partial charge on any atom is 0.416 e. The van der Waals surface area contributed by atoms with Gasteiger partial charge in [0, 0.05) is 18.7 Å². The van der Waals surface area contributed by atoms with Crippen molar-refractivity contribution in [3.63, 3.8) is 0 Å². The molecule has 4 rings (SSSR count). The van der Waals surface area contributed by atoms with Crippen molar-refractivity contribution in [2.45, 2.75) is 64.6 Å². The van der Waals surface area contributed by atoms with E-state index in [2.05, 4.69) is 31.5 Å². The highest BCUT2D eigenvalue weighted by atomic mass is 19.4. The number of carbonyl (C=O) groups is 1. The molecule has 0 aliphatic carbocycles. The topological polar surface area (TPSA) is 111 Å². The van der Waals surface area contributed by atoms with Gasteiger partial charge in [0.15, 0.2) is 6.61 Å². The van der Waals surface area contributed by atoms with E-state index < -0.39 is 11.7 Å². The van der Waals surface area contributed by atoms with Crippen molar-refractivity contribution in [3.8, 4) is 5.75 Å². The number of ether oxygens (including phenoxy) is 1. The monoisotopic (exact) mass is 522 g/mol. The number of hydrogen-bond acceptors (Lipinski definition) is 8. The molecular formula is C24H33F3N8O2. The lowest BCUT2D eigenvalue weighted by Crippen LogP contribution is -2.41. The number of unbranched alkanes of at least 4 members (excludes halogenated alkanes) is 2. The summed E-state index contributed by atoms with van der Waals surface area (Å²) in [6.07, 6.45) is 4.64. The van der Waals surface area contributed by atoms with Crippen LogP contribution < -0.4 is 15.7 Å². The first-order valence-corrected chi connectivity index (χ1v) is 12.6. The van der Waals surface area contributed by atoms with Crippen molar-refractivity contribution in [1.82, 2.24) is 36.4 Å². The Labute approximate surface area is 213 Å². The second kappa shape index (κ2) is 12.3. The molecule has 0 radical (unpaired) electrons. The Hall–Kier alpha value is -3.35. The normalized spacial score (nSPS) is 16.9. The van der Waals surface area contributed by atoms with Crippen LogP contribution >= 0.6 is 0 Å². The lowest BCUT2D eigenvalue weighted by atomic mass is 9.91. The number of piperidine rings is 1. The Balaban J connectivity index is 1.21. The second-order valence-electron chi connectivity index (χ2n) is 9.49. The van der Waals surface area contributed by atoms with Gasteiger partial charge in [-0.2, -0.15) is 28.6 Å². The molecule has 2 aromatic rings. The van der Waals surface area contributed by atoms with Crippen molar-refractivity contribution in [1.29, 1.82) is 0 Å². The molecule has 2 aliphatic heterocycles. The van der Waals surface area contributed by atoms with E-state index in [1.807, 2.05) is 0 Å². The second-order valence-corrected chi connectivity index (χ2v) is 9.49. The first-order chi connectivity index (χ1) is 17.8. The van der Waals surface area contributed by atoms with Crippen LogP contribution in [0.15, 0.2) is 29.5 Å². The van der Waals surface area contributed by atoms with Gasteiger partial charge in [-0.3, -0.25) is 10.2 Å². The number of nitrogens with one attached hydrogen (secondary N) is 3. The van der Waals surface area contributed by atoms with Crippen LogP contribution in [0.2, 0.25) is 0 Å². The van der Waals surface area contributed by atoms with Gasteiger partial charge in [0.1, 0.15) is 11.6 Å². The minimum Gasteiger partial charge on any atom is -0.483 e. The number of amides is 1. The molecule has 1 saturated heterocycles. The van der Waals surface area contributed by atoms with E-state index in [-0.39, 0.29) is 30.4 Å². The van der Waals surface area contributed by atoms with Crippen LogP contribution in [-0.2, 0) is 23.9 Å². The molecule has 0 unspecified atom stereocenters. The first kappa shape index (κ1) is 26.7. The molecule has 202 valence electrons. The predicted octanol–water partition coefficient (Wildman–Crippen LogP) is 3.40. The maximum atomic E-state index is 13.3. The number of carbonyl (C=O) groups excluding carboxylic acids is 1. The number of halogens is 3. The zero-order chi connectivity index (χ0) is 26.3. The van der Waals surface area contributed by atoms with Crippen molar-refractivity contribution in [2.75, 3.05) is 19.7 Å². The molecule has 0 atom stereocenters. The number of aromatic nitrogens is 3. The molecule has 10 nitrogen and oxygen atoms in total. The molecule has 1 fully saturated rings. The van der Waals surface area contributed by atoms with Gasteiger partial charge in [-0.15, -0.1) is 10.2 Å². The molecule has 1 amide bonds. The third-order valence-electron chi connectivity index (χ3n) is 6.68. The average Bonchev–Trinajstić information content (AvgIpc) is 3.54. The minimum absolute atomic E-state index is 0.0538. The fourth-order valence-corrected chi connectivity index (χ4v) is 4.61. The Morgan fingerprint density at radius 3 is 2.68 bits per heavy atom. The summed E-state index contributed by atoms with van der Waals surface area (Å²) < 4.78 is 45.5. The number of likely N-dealkylation sites (tertiary alicyclic amines) is 1. The summed E-state index contributed by atoms with van der Waals surface area (Å²) >= 11 is 0. The Bertz CT molecular complexity index is 1050. The predicted molar refractivity (Wildman–Crippen MR) is 130 cm³/mol. The molecule has 1 aromatic heterocycles. The van der Waals surface area contributed by atoms with Crippen LogP contribution in [0.5, 0.6) is 5.75 Å². The summed E-state index contributed by atoms with van der Waals surface area (Å²) in [5.41, 5.74) is 6.07. The lowest BCUT2D eigenvalue weighted by Gasteiger charge is -2.32. The fraction of sp³-hybridized carbons (Fsp3) is 0.583. The molecule has 0 spiro atoms. The van der Waals surface area contributed by atoms with Crippen LogP contribution in [0.4, 0.5) is 13.2 Å². The SMILES string of the molecule is CC1=NNN(Cc2cc(C(F)(F)F)ccc2OCC(=O)N2CCC(CCCCCc3cn[nH]n3)CC2)N1. The quantitative estimate of drug-likeness (QED) is 0.388. The van der Waals surface area contributed by atoms with Crippen LogP contribution in [0.3, 0.4) is 0 Å². The standard InChI is InChI=1S/C24H33F3N8O2/c1-17-29-33-35(31-17)15-19-13-20(24(25,26)27)7-8-22(19)37-16-23(36)34-11-9-18(10-12-34)5-3-2-4-6-21-14-28-32-30-21/h7-8,13-14,18,33H,2-6,9-12,15-16H2,1H3,(H,29,31)(H,28,30,32). The van der Waals surface area contributed by atoms with Crippen LogP contribution in [-0.4, -0.2) is 56.9 Å². The van der Waals surface area contributed by atoms with Gasteiger partial charge in [0.05, 0.1) is 24.0 Å². The molecule has 1 aromatic carbocycles. The number of hydrazine groups is 2. The van der Waals surface area contributed by atoms with E-state index in [1.54, 1.807) is 18.0 Å². The number of H-pyrrole nitrogens is 1. The number of rotatable bonds is 11. The summed E-state index contributed by atoms with van der Waals surface area (Å²) in [4.78, 5) is 14.6. The number of benzene rings is 1. The zero-order valence-corrected chi connectivity index (χ0v) is 20.9. The summed E-state index contributed by atoms with van der Waals surface area (Å²) in [5, 5.41) is 15.9. The fourth-order valence-electron chi connectivity index (χ4n) is 4.61. The van der Waals surface area contributed by atoms with E-state index in [0.29, 0.717) is 24.8 Å². The van der Waals surface area contributed by atoms with Gasteiger partial charge in [-0.05, 0) is 56.7 Å². The number of amidine groups is 1. The maximum absolute atomic E-state index is 13.3. The van der Waals surface area contributed by atoms with Gasteiger partial charge < -0.3 is 9.64 Å². The summed E-state index contributed by atoms with van der Waals surface area (Å²) in [6.45, 7) is 2.90. The molecule has 37 heavy (non-hydrogen) atoms. The van der Waals surface area contributed by atoms with Crippen molar-refractivity contribution < 1.29 is 22.7 Å². The van der Waals surface area contributed by atoms with E-state index in [9.17, 15) is 18.0 Å². The third kappa shape index (κ3) is 7.81. The van der Waals surface area contributed by atoms with E-state index in [0.717, 1.165) is 62.8 Å². The Morgan fingerprint density at radius 1 is 1.19 bits per heavy atom. The molecule has 13 heteroatoms. The van der Waals surface area contributed by atoms with E-state index in [4.69, 9.17) is 4.74 Å². The first-order valence-electron chi connectivity index (χ1n) is 12.6.